The molecule has 0 radical (unpaired) electrons. The van der Waals surface area contributed by atoms with Crippen LogP contribution in [-0.2, 0) is 13.1 Å². The number of rotatable bonds is 5. The molecule has 4 heteroatoms. The molecule has 106 valence electrons. The van der Waals surface area contributed by atoms with Gasteiger partial charge in [0.15, 0.2) is 0 Å². The van der Waals surface area contributed by atoms with E-state index in [0.717, 1.165) is 19.6 Å². The Morgan fingerprint density at radius 3 is 2.90 bits per heavy atom. The van der Waals surface area contributed by atoms with Crippen molar-refractivity contribution in [3.8, 4) is 0 Å². The fourth-order valence-corrected chi connectivity index (χ4v) is 3.41. The zero-order valence-electron chi connectivity index (χ0n) is 11.8. The summed E-state index contributed by atoms with van der Waals surface area (Å²) in [6, 6.07) is 11.3. The normalized spacial score (nSPS) is 23.2. The Kier molecular flexibility index (Phi) is 4.45. The molecule has 2 heterocycles. The maximum atomic E-state index is 4.13. The predicted molar refractivity (Wildman–Crippen MR) is 83.6 cm³/mol. The Morgan fingerprint density at radius 2 is 2.15 bits per heavy atom. The first kappa shape index (κ1) is 13.7. The minimum atomic E-state index is 0.584. The summed E-state index contributed by atoms with van der Waals surface area (Å²) >= 11 is 1.72. The smallest absolute Gasteiger partial charge is 0.0794 e. The van der Waals surface area contributed by atoms with E-state index in [0.29, 0.717) is 12.0 Å². The van der Waals surface area contributed by atoms with Gasteiger partial charge in [-0.2, -0.15) is 0 Å². The average Bonchev–Trinajstić information content (AvgIpc) is 3.08. The minimum Gasteiger partial charge on any atom is -0.307 e. The topological polar surface area (TPSA) is 28.2 Å². The maximum absolute atomic E-state index is 4.13. The molecule has 1 aliphatic rings. The fourth-order valence-electron chi connectivity index (χ4n) is 2.86. The molecule has 3 nitrogen and oxygen atoms in total. The number of likely N-dealkylation sites (tertiary alicyclic amines) is 1. The van der Waals surface area contributed by atoms with Crippen LogP contribution in [0.5, 0.6) is 0 Å². The van der Waals surface area contributed by atoms with E-state index in [-0.39, 0.29) is 0 Å². The fraction of sp³-hybridized carbons (Fsp3) is 0.438. The first-order valence-electron chi connectivity index (χ1n) is 7.18. The quantitative estimate of drug-likeness (QED) is 0.916. The molecule has 0 amide bonds. The number of hydrogen-bond donors (Lipinski definition) is 1. The molecule has 1 fully saturated rings. The highest BCUT2D eigenvalue weighted by atomic mass is 32.1. The van der Waals surface area contributed by atoms with Crippen molar-refractivity contribution in [2.75, 3.05) is 13.1 Å². The van der Waals surface area contributed by atoms with E-state index < -0.39 is 0 Å². The van der Waals surface area contributed by atoms with E-state index in [2.05, 4.69) is 52.5 Å². The molecule has 0 unspecified atom stereocenters. The Labute approximate surface area is 124 Å². The molecule has 0 aliphatic carbocycles. The summed E-state index contributed by atoms with van der Waals surface area (Å²) < 4.78 is 0. The molecule has 1 aromatic heterocycles. The predicted octanol–water partition coefficient (Wildman–Crippen LogP) is 2.75. The lowest BCUT2D eigenvalue weighted by Gasteiger charge is -2.17. The van der Waals surface area contributed by atoms with Crippen molar-refractivity contribution in [1.82, 2.24) is 15.2 Å². The second-order valence-corrected chi connectivity index (χ2v) is 6.58. The molecule has 0 saturated carbocycles. The Balaban J connectivity index is 1.51. The molecule has 1 saturated heterocycles. The Bertz CT molecular complexity index is 512. The van der Waals surface area contributed by atoms with Gasteiger partial charge in [-0.15, -0.1) is 11.3 Å². The summed E-state index contributed by atoms with van der Waals surface area (Å²) in [5, 5.41) is 3.68. The summed E-state index contributed by atoms with van der Waals surface area (Å²) in [5.74, 6) is 0.701. The number of nitrogens with one attached hydrogen (secondary N) is 1. The van der Waals surface area contributed by atoms with Crippen LogP contribution in [0.25, 0.3) is 0 Å². The van der Waals surface area contributed by atoms with Gasteiger partial charge in [-0.1, -0.05) is 37.3 Å². The third-order valence-corrected chi connectivity index (χ3v) is 4.74. The summed E-state index contributed by atoms with van der Waals surface area (Å²) in [6.07, 6.45) is 1.96. The molecular weight excluding hydrogens is 266 g/mol. The van der Waals surface area contributed by atoms with E-state index in [4.69, 9.17) is 0 Å². The lowest BCUT2D eigenvalue weighted by molar-refractivity contribution is 0.316. The molecule has 2 atom stereocenters. The lowest BCUT2D eigenvalue weighted by atomic mass is 10.1. The zero-order valence-corrected chi connectivity index (χ0v) is 12.6. The molecule has 1 N–H and O–H groups in total. The highest BCUT2D eigenvalue weighted by Crippen LogP contribution is 2.19. The van der Waals surface area contributed by atoms with Crippen molar-refractivity contribution in [2.24, 2.45) is 5.92 Å². The molecular formula is C16H21N3S. The highest BCUT2D eigenvalue weighted by Gasteiger charge is 2.28. The van der Waals surface area contributed by atoms with Crippen LogP contribution in [0.4, 0.5) is 0 Å². The first-order chi connectivity index (χ1) is 9.81. The standard InChI is InChI=1S/C16H21N3S/c1-13-9-19(10-14-5-3-2-4-6-14)11-16(13)18-8-15-7-17-12-20-15/h2-7,12-13,16,18H,8-11H2,1H3/t13-,16-/m1/s1. The maximum Gasteiger partial charge on any atom is 0.0794 e. The van der Waals surface area contributed by atoms with Gasteiger partial charge in [0.2, 0.25) is 0 Å². The molecule has 0 spiro atoms. The van der Waals surface area contributed by atoms with Gasteiger partial charge in [0.25, 0.3) is 0 Å². The average molecular weight is 287 g/mol. The Morgan fingerprint density at radius 1 is 1.30 bits per heavy atom. The summed E-state index contributed by atoms with van der Waals surface area (Å²) in [6.45, 7) is 6.65. The van der Waals surface area contributed by atoms with E-state index in [1.165, 1.54) is 17.0 Å². The van der Waals surface area contributed by atoms with Crippen LogP contribution in [0, 0.1) is 5.92 Å². The summed E-state index contributed by atoms with van der Waals surface area (Å²) in [4.78, 5) is 7.99. The van der Waals surface area contributed by atoms with E-state index in [1.54, 1.807) is 11.3 Å². The number of hydrogen-bond acceptors (Lipinski definition) is 4. The largest absolute Gasteiger partial charge is 0.307 e. The Hall–Kier alpha value is -1.23. The lowest BCUT2D eigenvalue weighted by Crippen LogP contribution is -2.34. The summed E-state index contributed by atoms with van der Waals surface area (Å²) in [7, 11) is 0. The van der Waals surface area contributed by atoms with Crippen LogP contribution in [0.2, 0.25) is 0 Å². The van der Waals surface area contributed by atoms with Gasteiger partial charge in [0.05, 0.1) is 5.51 Å². The van der Waals surface area contributed by atoms with E-state index in [9.17, 15) is 0 Å². The van der Waals surface area contributed by atoms with Gasteiger partial charge >= 0.3 is 0 Å². The van der Waals surface area contributed by atoms with Crippen LogP contribution in [-0.4, -0.2) is 29.0 Å². The van der Waals surface area contributed by atoms with Crippen LogP contribution < -0.4 is 5.32 Å². The SMILES string of the molecule is C[C@@H]1CN(Cc2ccccc2)C[C@H]1NCc1cncs1. The van der Waals surface area contributed by atoms with Gasteiger partial charge in [0.1, 0.15) is 0 Å². The van der Waals surface area contributed by atoms with Crippen molar-refractivity contribution >= 4 is 11.3 Å². The van der Waals surface area contributed by atoms with Crippen molar-refractivity contribution in [3.05, 3.63) is 52.5 Å². The van der Waals surface area contributed by atoms with Crippen LogP contribution >= 0.6 is 11.3 Å². The van der Waals surface area contributed by atoms with Gasteiger partial charge in [0, 0.05) is 43.3 Å². The minimum absolute atomic E-state index is 0.584. The monoisotopic (exact) mass is 287 g/mol. The second-order valence-electron chi connectivity index (χ2n) is 5.61. The zero-order chi connectivity index (χ0) is 13.8. The van der Waals surface area contributed by atoms with Gasteiger partial charge in [-0.05, 0) is 11.5 Å². The molecule has 1 aliphatic heterocycles. The highest BCUT2D eigenvalue weighted by molar-refractivity contribution is 7.09. The molecule has 2 aromatic rings. The number of nitrogens with zero attached hydrogens (tertiary/aromatic N) is 2. The van der Waals surface area contributed by atoms with E-state index in [1.807, 2.05) is 11.7 Å². The van der Waals surface area contributed by atoms with Crippen molar-refractivity contribution in [3.63, 3.8) is 0 Å². The summed E-state index contributed by atoms with van der Waals surface area (Å²) in [5.41, 5.74) is 3.30. The van der Waals surface area contributed by atoms with Crippen LogP contribution in [0.3, 0.4) is 0 Å². The van der Waals surface area contributed by atoms with Gasteiger partial charge in [-0.3, -0.25) is 9.88 Å². The van der Waals surface area contributed by atoms with Gasteiger partial charge < -0.3 is 5.32 Å². The molecule has 20 heavy (non-hydrogen) atoms. The van der Waals surface area contributed by atoms with Crippen molar-refractivity contribution < 1.29 is 0 Å². The first-order valence-corrected chi connectivity index (χ1v) is 8.06. The molecule has 0 bridgehead atoms. The third-order valence-electron chi connectivity index (χ3n) is 3.96. The van der Waals surface area contributed by atoms with E-state index >= 15 is 0 Å². The number of benzene rings is 1. The second kappa shape index (κ2) is 6.48. The molecule has 1 aromatic carbocycles. The van der Waals surface area contributed by atoms with Crippen molar-refractivity contribution in [2.45, 2.75) is 26.1 Å². The van der Waals surface area contributed by atoms with Crippen LogP contribution in [0.15, 0.2) is 42.0 Å². The molecule has 3 rings (SSSR count). The third kappa shape index (κ3) is 3.45. The number of aromatic nitrogens is 1. The van der Waals surface area contributed by atoms with Crippen LogP contribution in [0.1, 0.15) is 17.4 Å². The van der Waals surface area contributed by atoms with Gasteiger partial charge in [-0.25, -0.2) is 0 Å². The number of thiazole rings is 1. The van der Waals surface area contributed by atoms with Crippen molar-refractivity contribution in [1.29, 1.82) is 0 Å².